The molecule has 5 nitrogen and oxygen atoms in total. The van der Waals surface area contributed by atoms with E-state index < -0.39 is 0 Å². The zero-order valence-corrected chi connectivity index (χ0v) is 10.8. The van der Waals surface area contributed by atoms with Gasteiger partial charge in [0.15, 0.2) is 0 Å². The van der Waals surface area contributed by atoms with Crippen molar-refractivity contribution in [3.63, 3.8) is 0 Å². The van der Waals surface area contributed by atoms with Crippen LogP contribution in [0.1, 0.15) is 16.8 Å². The molecule has 1 aliphatic rings. The third-order valence-corrected chi connectivity index (χ3v) is 3.22. The molecule has 1 N–H and O–H groups in total. The first kappa shape index (κ1) is 12.5. The van der Waals surface area contributed by atoms with Gasteiger partial charge in [-0.05, 0) is 24.6 Å². The van der Waals surface area contributed by atoms with Gasteiger partial charge in [-0.3, -0.25) is 9.78 Å². The van der Waals surface area contributed by atoms with Gasteiger partial charge in [-0.25, -0.2) is 0 Å². The standard InChI is InChI=1S/C15H14N2O3/c18-13-10-16-7-6-11(13)15(19)17-8-3-9-20-14-5-2-1-4-12(14)17/h1-2,4-7,10,18H,3,8-9H2. The zero-order valence-electron chi connectivity index (χ0n) is 10.8. The Morgan fingerprint density at radius 2 is 2.15 bits per heavy atom. The highest BCUT2D eigenvalue weighted by molar-refractivity contribution is 6.08. The first-order chi connectivity index (χ1) is 9.77. The van der Waals surface area contributed by atoms with Gasteiger partial charge in [0.2, 0.25) is 0 Å². The van der Waals surface area contributed by atoms with Crippen LogP contribution in [-0.2, 0) is 0 Å². The SMILES string of the molecule is O=C(c1ccncc1O)N1CCCOc2ccccc21. The van der Waals surface area contributed by atoms with Crippen molar-refractivity contribution in [3.05, 3.63) is 48.3 Å². The molecule has 3 rings (SSSR count). The van der Waals surface area contributed by atoms with Gasteiger partial charge in [0, 0.05) is 12.7 Å². The lowest BCUT2D eigenvalue weighted by molar-refractivity contribution is 0.0984. The molecule has 0 unspecified atom stereocenters. The van der Waals surface area contributed by atoms with Crippen molar-refractivity contribution in [2.45, 2.75) is 6.42 Å². The average Bonchev–Trinajstić information content (AvgIpc) is 2.69. The van der Waals surface area contributed by atoms with Crippen LogP contribution in [0, 0.1) is 0 Å². The fourth-order valence-electron chi connectivity index (χ4n) is 2.25. The van der Waals surface area contributed by atoms with Gasteiger partial charge in [0.25, 0.3) is 5.91 Å². The van der Waals surface area contributed by atoms with Crippen molar-refractivity contribution < 1.29 is 14.6 Å². The molecule has 0 radical (unpaired) electrons. The van der Waals surface area contributed by atoms with Crippen LogP contribution in [0.5, 0.6) is 11.5 Å². The van der Waals surface area contributed by atoms with Crippen LogP contribution in [0.25, 0.3) is 0 Å². The molecule has 102 valence electrons. The van der Waals surface area contributed by atoms with Crippen molar-refractivity contribution in [3.8, 4) is 11.5 Å². The molecule has 0 saturated heterocycles. The summed E-state index contributed by atoms with van der Waals surface area (Å²) in [5.74, 6) is 0.329. The van der Waals surface area contributed by atoms with Crippen LogP contribution in [0.2, 0.25) is 0 Å². The molecule has 1 aliphatic heterocycles. The number of aromatic hydroxyl groups is 1. The number of aromatic nitrogens is 1. The van der Waals surface area contributed by atoms with Crippen molar-refractivity contribution in [2.75, 3.05) is 18.1 Å². The first-order valence-electron chi connectivity index (χ1n) is 6.44. The van der Waals surface area contributed by atoms with E-state index in [-0.39, 0.29) is 17.2 Å². The first-order valence-corrected chi connectivity index (χ1v) is 6.44. The number of hydrogen-bond donors (Lipinski definition) is 1. The molecule has 0 bridgehead atoms. The van der Waals surface area contributed by atoms with Gasteiger partial charge in [-0.1, -0.05) is 12.1 Å². The minimum Gasteiger partial charge on any atom is -0.505 e. The Labute approximate surface area is 116 Å². The zero-order chi connectivity index (χ0) is 13.9. The lowest BCUT2D eigenvalue weighted by Crippen LogP contribution is -2.31. The normalized spacial score (nSPS) is 14.1. The Morgan fingerprint density at radius 3 is 3.00 bits per heavy atom. The van der Waals surface area contributed by atoms with Crippen LogP contribution < -0.4 is 9.64 Å². The molecule has 5 heteroatoms. The fraction of sp³-hybridized carbons (Fsp3) is 0.200. The summed E-state index contributed by atoms with van der Waals surface area (Å²) in [5, 5.41) is 9.79. The number of benzene rings is 1. The Kier molecular flexibility index (Phi) is 3.25. The number of nitrogens with zero attached hydrogens (tertiary/aromatic N) is 2. The maximum absolute atomic E-state index is 12.6. The third kappa shape index (κ3) is 2.18. The van der Waals surface area contributed by atoms with Crippen molar-refractivity contribution in [1.29, 1.82) is 0 Å². The van der Waals surface area contributed by atoms with Gasteiger partial charge >= 0.3 is 0 Å². The molecule has 2 aromatic rings. The summed E-state index contributed by atoms with van der Waals surface area (Å²) in [7, 11) is 0. The van der Waals surface area contributed by atoms with Gasteiger partial charge in [0.05, 0.1) is 24.1 Å². The lowest BCUT2D eigenvalue weighted by atomic mass is 10.2. The van der Waals surface area contributed by atoms with E-state index in [1.165, 1.54) is 18.5 Å². The number of amides is 1. The molecule has 1 aromatic heterocycles. The smallest absolute Gasteiger partial charge is 0.262 e. The van der Waals surface area contributed by atoms with Crippen LogP contribution in [0.15, 0.2) is 42.7 Å². The monoisotopic (exact) mass is 270 g/mol. The predicted molar refractivity (Wildman–Crippen MR) is 74.1 cm³/mol. The number of pyridine rings is 1. The van der Waals surface area contributed by atoms with Gasteiger partial charge < -0.3 is 14.7 Å². The summed E-state index contributed by atoms with van der Waals surface area (Å²) >= 11 is 0. The summed E-state index contributed by atoms with van der Waals surface area (Å²) in [6, 6.07) is 8.94. The van der Waals surface area contributed by atoms with Crippen molar-refractivity contribution in [2.24, 2.45) is 0 Å². The molecular weight excluding hydrogens is 256 g/mol. The minimum atomic E-state index is -0.247. The summed E-state index contributed by atoms with van der Waals surface area (Å²) in [6.45, 7) is 1.13. The molecule has 0 fully saturated rings. The van der Waals surface area contributed by atoms with Gasteiger partial charge in [-0.2, -0.15) is 0 Å². The second-order valence-corrected chi connectivity index (χ2v) is 4.52. The summed E-state index contributed by atoms with van der Waals surface area (Å²) in [6.07, 6.45) is 3.51. The van der Waals surface area contributed by atoms with E-state index in [2.05, 4.69) is 4.98 Å². The lowest BCUT2D eigenvalue weighted by Gasteiger charge is -2.22. The predicted octanol–water partition coefficient (Wildman–Crippen LogP) is 2.22. The van der Waals surface area contributed by atoms with Crippen LogP contribution in [0.4, 0.5) is 5.69 Å². The molecule has 0 spiro atoms. The van der Waals surface area contributed by atoms with Gasteiger partial charge in [0.1, 0.15) is 11.5 Å². The summed E-state index contributed by atoms with van der Waals surface area (Å²) < 4.78 is 5.63. The van der Waals surface area contributed by atoms with Crippen LogP contribution >= 0.6 is 0 Å². The Bertz CT molecular complexity index is 643. The number of carbonyl (C=O) groups is 1. The molecular formula is C15H14N2O3. The number of rotatable bonds is 1. The van der Waals surface area contributed by atoms with E-state index in [1.54, 1.807) is 4.90 Å². The van der Waals surface area contributed by atoms with E-state index in [0.29, 0.717) is 18.9 Å². The van der Waals surface area contributed by atoms with Crippen LogP contribution in [-0.4, -0.2) is 29.1 Å². The second kappa shape index (κ2) is 5.21. The Morgan fingerprint density at radius 1 is 1.30 bits per heavy atom. The van der Waals surface area contributed by atoms with Crippen molar-refractivity contribution >= 4 is 11.6 Å². The van der Waals surface area contributed by atoms with E-state index in [4.69, 9.17) is 4.74 Å². The molecule has 1 aromatic carbocycles. The summed E-state index contributed by atoms with van der Waals surface area (Å²) in [5.41, 5.74) is 0.975. The second-order valence-electron chi connectivity index (χ2n) is 4.52. The van der Waals surface area contributed by atoms with E-state index in [0.717, 1.165) is 12.1 Å². The van der Waals surface area contributed by atoms with E-state index in [9.17, 15) is 9.90 Å². The number of para-hydroxylation sites is 2. The maximum atomic E-state index is 12.6. The number of fused-ring (bicyclic) bond motifs is 1. The fourth-order valence-corrected chi connectivity index (χ4v) is 2.25. The maximum Gasteiger partial charge on any atom is 0.262 e. The molecule has 0 saturated carbocycles. The third-order valence-electron chi connectivity index (χ3n) is 3.22. The summed E-state index contributed by atoms with van der Waals surface area (Å²) in [4.78, 5) is 18.0. The Hall–Kier alpha value is -2.56. The van der Waals surface area contributed by atoms with Crippen molar-refractivity contribution in [1.82, 2.24) is 4.98 Å². The quantitative estimate of drug-likeness (QED) is 0.863. The van der Waals surface area contributed by atoms with Gasteiger partial charge in [-0.15, -0.1) is 0 Å². The highest BCUT2D eigenvalue weighted by Crippen LogP contribution is 2.32. The highest BCUT2D eigenvalue weighted by Gasteiger charge is 2.24. The number of carbonyl (C=O) groups excluding carboxylic acids is 1. The average molecular weight is 270 g/mol. The van der Waals surface area contributed by atoms with E-state index >= 15 is 0 Å². The largest absolute Gasteiger partial charge is 0.505 e. The Balaban J connectivity index is 2.02. The number of ether oxygens (including phenoxy) is 1. The minimum absolute atomic E-state index is 0.111. The molecule has 1 amide bonds. The van der Waals surface area contributed by atoms with Crippen LogP contribution in [0.3, 0.4) is 0 Å². The molecule has 20 heavy (non-hydrogen) atoms. The number of anilines is 1. The molecule has 0 atom stereocenters. The highest BCUT2D eigenvalue weighted by atomic mass is 16.5. The topological polar surface area (TPSA) is 62.7 Å². The van der Waals surface area contributed by atoms with E-state index in [1.807, 2.05) is 24.3 Å². The molecule has 2 heterocycles. The number of hydrogen-bond acceptors (Lipinski definition) is 4. The molecule has 0 aliphatic carbocycles.